The molecule has 0 aliphatic carbocycles. The first-order valence-corrected chi connectivity index (χ1v) is 8.90. The predicted molar refractivity (Wildman–Crippen MR) is 105 cm³/mol. The van der Waals surface area contributed by atoms with Crippen LogP contribution in [0.5, 0.6) is 0 Å². The number of rotatable bonds is 5. The topological polar surface area (TPSA) is 73.0 Å². The van der Waals surface area contributed by atoms with Gasteiger partial charge in [-0.15, -0.1) is 0 Å². The Kier molecular flexibility index (Phi) is 5.26. The van der Waals surface area contributed by atoms with Gasteiger partial charge in [0.2, 0.25) is 11.8 Å². The first kappa shape index (κ1) is 18.6. The maximum Gasteiger partial charge on any atom is 0.248 e. The molecule has 3 rings (SSSR count). The molecule has 0 unspecified atom stereocenters. The summed E-state index contributed by atoms with van der Waals surface area (Å²) in [5.74, 6) is 0.732. The van der Waals surface area contributed by atoms with Crippen molar-refractivity contribution >= 4 is 12.0 Å². The Labute approximate surface area is 158 Å². The van der Waals surface area contributed by atoms with Gasteiger partial charge < -0.3 is 14.4 Å². The number of carbonyl (C=O) groups is 1. The second-order valence-corrected chi connectivity index (χ2v) is 6.74. The molecular weight excluding hydrogens is 340 g/mol. The number of hydrogen-bond donors (Lipinski definition) is 1. The number of carbonyl (C=O) groups excluding carboxylic acids is 1. The van der Waals surface area contributed by atoms with Gasteiger partial charge >= 0.3 is 0 Å². The van der Waals surface area contributed by atoms with Crippen molar-refractivity contribution in [3.05, 3.63) is 70.6 Å². The van der Waals surface area contributed by atoms with Gasteiger partial charge in [0.1, 0.15) is 6.04 Å². The lowest BCUT2D eigenvalue weighted by Gasteiger charge is -2.10. The summed E-state index contributed by atoms with van der Waals surface area (Å²) in [5, 5.41) is 6.57. The van der Waals surface area contributed by atoms with Crippen LogP contribution >= 0.6 is 0 Å². The Morgan fingerprint density at radius 1 is 1.19 bits per heavy atom. The summed E-state index contributed by atoms with van der Waals surface area (Å²) in [5.41, 5.74) is 5.54. The van der Waals surface area contributed by atoms with Gasteiger partial charge in [0.05, 0.1) is 0 Å². The fourth-order valence-corrected chi connectivity index (χ4v) is 3.03. The van der Waals surface area contributed by atoms with Crippen molar-refractivity contribution in [1.82, 2.24) is 20.0 Å². The largest absolute Gasteiger partial charge is 0.341 e. The van der Waals surface area contributed by atoms with E-state index in [2.05, 4.69) is 64.2 Å². The first-order valence-electron chi connectivity index (χ1n) is 8.90. The maximum atomic E-state index is 12.2. The molecule has 0 saturated carbocycles. The minimum Gasteiger partial charge on any atom is -0.341 e. The molecule has 2 heterocycles. The van der Waals surface area contributed by atoms with E-state index in [1.54, 1.807) is 6.92 Å². The number of nitrogens with zero attached hydrogens (tertiary/aromatic N) is 3. The molecule has 1 aromatic carbocycles. The van der Waals surface area contributed by atoms with Gasteiger partial charge in [0.25, 0.3) is 0 Å². The van der Waals surface area contributed by atoms with Crippen LogP contribution in [0.15, 0.2) is 40.9 Å². The second-order valence-electron chi connectivity index (χ2n) is 6.74. The number of nitrogens with one attached hydrogen (secondary N) is 1. The third-order valence-electron chi connectivity index (χ3n) is 4.45. The smallest absolute Gasteiger partial charge is 0.248 e. The van der Waals surface area contributed by atoms with E-state index >= 15 is 0 Å². The molecule has 1 atom stereocenters. The van der Waals surface area contributed by atoms with Gasteiger partial charge in [0.15, 0.2) is 5.82 Å². The van der Waals surface area contributed by atoms with E-state index in [-0.39, 0.29) is 11.9 Å². The summed E-state index contributed by atoms with van der Waals surface area (Å²) >= 11 is 0. The van der Waals surface area contributed by atoms with E-state index in [0.29, 0.717) is 11.7 Å². The molecule has 0 aliphatic rings. The van der Waals surface area contributed by atoms with Gasteiger partial charge in [-0.05, 0) is 64.5 Å². The van der Waals surface area contributed by atoms with E-state index < -0.39 is 0 Å². The highest BCUT2D eigenvalue weighted by Crippen LogP contribution is 2.22. The van der Waals surface area contributed by atoms with E-state index in [1.807, 2.05) is 19.9 Å². The van der Waals surface area contributed by atoms with Crippen LogP contribution in [0.25, 0.3) is 11.8 Å². The third-order valence-corrected chi connectivity index (χ3v) is 4.45. The number of aryl methyl sites for hydroxylation is 3. The third kappa shape index (κ3) is 4.16. The molecule has 6 nitrogen and oxygen atoms in total. The Morgan fingerprint density at radius 2 is 1.89 bits per heavy atom. The molecule has 0 saturated heterocycles. The SMILES string of the molecule is Cc1ccc(-n2c(C)cc(/C=C/C(=O)N[C@H](C)c3nc(C)no3)c2C)cc1. The van der Waals surface area contributed by atoms with Crippen LogP contribution in [-0.4, -0.2) is 20.6 Å². The van der Waals surface area contributed by atoms with E-state index in [0.717, 1.165) is 22.6 Å². The standard InChI is InChI=1S/C21H24N4O2/c1-13-6-9-19(10-7-13)25-14(2)12-18(16(25)4)8-11-20(26)22-15(3)21-23-17(5)24-27-21/h6-12,15H,1-5H3,(H,22,26)/b11-8+/t15-/m1/s1. The highest BCUT2D eigenvalue weighted by atomic mass is 16.5. The lowest BCUT2D eigenvalue weighted by atomic mass is 10.2. The van der Waals surface area contributed by atoms with Gasteiger partial charge in [0, 0.05) is 23.2 Å². The van der Waals surface area contributed by atoms with Crippen LogP contribution < -0.4 is 5.32 Å². The van der Waals surface area contributed by atoms with E-state index in [4.69, 9.17) is 4.52 Å². The summed E-state index contributed by atoms with van der Waals surface area (Å²) in [6.45, 7) is 9.73. The molecule has 0 aliphatic heterocycles. The van der Waals surface area contributed by atoms with Gasteiger partial charge in [-0.1, -0.05) is 22.9 Å². The molecule has 27 heavy (non-hydrogen) atoms. The molecule has 140 valence electrons. The lowest BCUT2D eigenvalue weighted by Crippen LogP contribution is -2.24. The summed E-state index contributed by atoms with van der Waals surface area (Å²) < 4.78 is 7.26. The number of aromatic nitrogens is 3. The fourth-order valence-electron chi connectivity index (χ4n) is 3.03. The number of benzene rings is 1. The van der Waals surface area contributed by atoms with Crippen molar-refractivity contribution in [2.75, 3.05) is 0 Å². The van der Waals surface area contributed by atoms with Gasteiger partial charge in [-0.25, -0.2) is 0 Å². The highest BCUT2D eigenvalue weighted by Gasteiger charge is 2.14. The average Bonchev–Trinajstić information content (AvgIpc) is 3.17. The van der Waals surface area contributed by atoms with Gasteiger partial charge in [-0.2, -0.15) is 4.98 Å². The molecule has 1 N–H and O–H groups in total. The van der Waals surface area contributed by atoms with Gasteiger partial charge in [-0.3, -0.25) is 4.79 Å². The molecule has 1 amide bonds. The molecule has 0 radical (unpaired) electrons. The van der Waals surface area contributed by atoms with E-state index in [9.17, 15) is 4.79 Å². The molecule has 3 aromatic rings. The highest BCUT2D eigenvalue weighted by molar-refractivity contribution is 5.92. The average molecular weight is 364 g/mol. The van der Waals surface area contributed by atoms with Crippen LogP contribution in [0.3, 0.4) is 0 Å². The Morgan fingerprint density at radius 3 is 2.52 bits per heavy atom. The van der Waals surface area contributed by atoms with Crippen molar-refractivity contribution in [3.8, 4) is 5.69 Å². The summed E-state index contributed by atoms with van der Waals surface area (Å²) in [6, 6.07) is 10.1. The summed E-state index contributed by atoms with van der Waals surface area (Å²) in [4.78, 5) is 16.4. The molecular formula is C21H24N4O2. The van der Waals surface area contributed by atoms with Crippen molar-refractivity contribution in [2.45, 2.75) is 40.7 Å². The zero-order valence-electron chi connectivity index (χ0n) is 16.3. The normalized spacial score (nSPS) is 12.5. The monoisotopic (exact) mass is 364 g/mol. The number of amides is 1. The minimum atomic E-state index is -0.344. The maximum absolute atomic E-state index is 12.2. The van der Waals surface area contributed by atoms with Crippen LogP contribution in [0, 0.1) is 27.7 Å². The Bertz CT molecular complexity index is 980. The Balaban J connectivity index is 1.74. The summed E-state index contributed by atoms with van der Waals surface area (Å²) in [7, 11) is 0. The molecule has 2 aromatic heterocycles. The van der Waals surface area contributed by atoms with Crippen LogP contribution in [0.1, 0.15) is 47.2 Å². The quantitative estimate of drug-likeness (QED) is 0.695. The van der Waals surface area contributed by atoms with Crippen molar-refractivity contribution in [1.29, 1.82) is 0 Å². The second kappa shape index (κ2) is 7.61. The molecule has 0 spiro atoms. The minimum absolute atomic E-state index is 0.210. The van der Waals surface area contributed by atoms with E-state index in [1.165, 1.54) is 11.6 Å². The zero-order chi connectivity index (χ0) is 19.6. The number of hydrogen-bond acceptors (Lipinski definition) is 4. The van der Waals surface area contributed by atoms with Crippen LogP contribution in [-0.2, 0) is 4.79 Å². The zero-order valence-corrected chi connectivity index (χ0v) is 16.3. The molecule has 6 heteroatoms. The van der Waals surface area contributed by atoms with Crippen LogP contribution in [0.2, 0.25) is 0 Å². The predicted octanol–water partition coefficient (Wildman–Crippen LogP) is 3.98. The van der Waals surface area contributed by atoms with Crippen molar-refractivity contribution < 1.29 is 9.32 Å². The van der Waals surface area contributed by atoms with Crippen LogP contribution in [0.4, 0.5) is 0 Å². The molecule has 0 bridgehead atoms. The summed E-state index contributed by atoms with van der Waals surface area (Å²) in [6.07, 6.45) is 3.36. The fraction of sp³-hybridized carbons (Fsp3) is 0.286. The molecule has 0 fully saturated rings. The van der Waals surface area contributed by atoms with Crippen molar-refractivity contribution in [3.63, 3.8) is 0 Å². The lowest BCUT2D eigenvalue weighted by molar-refractivity contribution is -0.117. The Hall–Kier alpha value is -3.15. The first-order chi connectivity index (χ1) is 12.8. The van der Waals surface area contributed by atoms with Crippen molar-refractivity contribution in [2.24, 2.45) is 0 Å².